The molecule has 0 saturated carbocycles. The van der Waals surface area contributed by atoms with Gasteiger partial charge in [-0.1, -0.05) is 38.1 Å². The molecular formula is C19H22F3NO. The zero-order valence-electron chi connectivity index (χ0n) is 14.1. The number of rotatable bonds is 7. The van der Waals surface area contributed by atoms with E-state index in [1.807, 2.05) is 31.3 Å². The van der Waals surface area contributed by atoms with Crippen molar-refractivity contribution < 1.29 is 17.9 Å². The van der Waals surface area contributed by atoms with Crippen LogP contribution in [0.4, 0.5) is 13.2 Å². The Morgan fingerprint density at radius 2 is 1.58 bits per heavy atom. The molecule has 2 rings (SSSR count). The van der Waals surface area contributed by atoms with Gasteiger partial charge in [-0.2, -0.15) is 0 Å². The third-order valence-corrected chi connectivity index (χ3v) is 3.78. The molecule has 0 heterocycles. The molecule has 2 aromatic rings. The van der Waals surface area contributed by atoms with Crippen molar-refractivity contribution in [3.8, 4) is 5.75 Å². The fourth-order valence-electron chi connectivity index (χ4n) is 2.56. The Bertz CT molecular complexity index is 648. The lowest BCUT2D eigenvalue weighted by atomic mass is 9.96. The normalized spacial score (nSPS) is 12.5. The molecule has 0 fully saturated rings. The van der Waals surface area contributed by atoms with Gasteiger partial charge in [0.15, 0.2) is 17.4 Å². The fraction of sp³-hybridized carbons (Fsp3) is 0.368. The van der Waals surface area contributed by atoms with Crippen LogP contribution in [0.2, 0.25) is 0 Å². The smallest absolute Gasteiger partial charge is 0.191 e. The molecule has 2 aromatic carbocycles. The first-order valence-electron chi connectivity index (χ1n) is 7.94. The van der Waals surface area contributed by atoms with Gasteiger partial charge < -0.3 is 10.1 Å². The SMILES string of the molecule is CNC(CC(C)C)c1ccc(COc2c(F)cc(F)cc2F)cc1. The van der Waals surface area contributed by atoms with Gasteiger partial charge in [0.1, 0.15) is 12.4 Å². The van der Waals surface area contributed by atoms with Gasteiger partial charge in [0, 0.05) is 18.2 Å². The third kappa shape index (κ3) is 4.74. The van der Waals surface area contributed by atoms with Crippen LogP contribution in [0.25, 0.3) is 0 Å². The van der Waals surface area contributed by atoms with E-state index >= 15 is 0 Å². The molecule has 0 amide bonds. The summed E-state index contributed by atoms with van der Waals surface area (Å²) >= 11 is 0. The van der Waals surface area contributed by atoms with E-state index in [-0.39, 0.29) is 12.6 Å². The van der Waals surface area contributed by atoms with Crippen molar-refractivity contribution >= 4 is 0 Å². The molecule has 1 atom stereocenters. The number of nitrogens with one attached hydrogen (secondary N) is 1. The summed E-state index contributed by atoms with van der Waals surface area (Å²) in [5, 5.41) is 3.28. The van der Waals surface area contributed by atoms with Crippen LogP contribution in [0.1, 0.15) is 37.4 Å². The second kappa shape index (κ2) is 8.20. The van der Waals surface area contributed by atoms with E-state index in [2.05, 4.69) is 19.2 Å². The van der Waals surface area contributed by atoms with Gasteiger partial charge in [0.25, 0.3) is 0 Å². The standard InChI is InChI=1S/C19H22F3NO/c1-12(2)8-18(23-3)14-6-4-13(5-7-14)11-24-19-16(21)9-15(20)10-17(19)22/h4-7,9-10,12,18,23H,8,11H2,1-3H3. The molecule has 0 aromatic heterocycles. The van der Waals surface area contributed by atoms with E-state index in [1.165, 1.54) is 0 Å². The highest BCUT2D eigenvalue weighted by molar-refractivity contribution is 5.29. The van der Waals surface area contributed by atoms with Crippen molar-refractivity contribution in [3.05, 3.63) is 65.0 Å². The summed E-state index contributed by atoms with van der Waals surface area (Å²) in [6.45, 7) is 4.34. The van der Waals surface area contributed by atoms with Crippen molar-refractivity contribution in [2.24, 2.45) is 5.92 Å². The van der Waals surface area contributed by atoms with Crippen LogP contribution in [0, 0.1) is 23.4 Å². The molecule has 1 N–H and O–H groups in total. The number of ether oxygens (including phenoxy) is 1. The second-order valence-corrected chi connectivity index (χ2v) is 6.20. The Hall–Kier alpha value is -2.01. The minimum Gasteiger partial charge on any atom is -0.483 e. The third-order valence-electron chi connectivity index (χ3n) is 3.78. The number of hydrogen-bond donors (Lipinski definition) is 1. The van der Waals surface area contributed by atoms with E-state index in [0.717, 1.165) is 17.5 Å². The summed E-state index contributed by atoms with van der Waals surface area (Å²) in [5.41, 5.74) is 1.93. The number of benzene rings is 2. The second-order valence-electron chi connectivity index (χ2n) is 6.20. The highest BCUT2D eigenvalue weighted by Crippen LogP contribution is 2.25. The monoisotopic (exact) mass is 337 g/mol. The van der Waals surface area contributed by atoms with Crippen LogP contribution < -0.4 is 10.1 Å². The summed E-state index contributed by atoms with van der Waals surface area (Å²) in [6.07, 6.45) is 1.01. The molecular weight excluding hydrogens is 315 g/mol. The topological polar surface area (TPSA) is 21.3 Å². The van der Waals surface area contributed by atoms with Gasteiger partial charge in [-0.3, -0.25) is 0 Å². The molecule has 5 heteroatoms. The van der Waals surface area contributed by atoms with Crippen LogP contribution in [-0.4, -0.2) is 7.05 Å². The maximum Gasteiger partial charge on any atom is 0.191 e. The average molecular weight is 337 g/mol. The molecule has 0 spiro atoms. The van der Waals surface area contributed by atoms with E-state index in [9.17, 15) is 13.2 Å². The molecule has 0 bridgehead atoms. The zero-order chi connectivity index (χ0) is 17.7. The van der Waals surface area contributed by atoms with Crippen LogP contribution in [0.15, 0.2) is 36.4 Å². The lowest BCUT2D eigenvalue weighted by Gasteiger charge is -2.19. The van der Waals surface area contributed by atoms with Crippen LogP contribution in [-0.2, 0) is 6.61 Å². The van der Waals surface area contributed by atoms with Gasteiger partial charge in [-0.15, -0.1) is 0 Å². The van der Waals surface area contributed by atoms with Gasteiger partial charge in [0.2, 0.25) is 0 Å². The van der Waals surface area contributed by atoms with Gasteiger partial charge >= 0.3 is 0 Å². The van der Waals surface area contributed by atoms with Crippen molar-refractivity contribution in [1.29, 1.82) is 0 Å². The van der Waals surface area contributed by atoms with Crippen molar-refractivity contribution in [1.82, 2.24) is 5.32 Å². The Morgan fingerprint density at radius 1 is 1.00 bits per heavy atom. The first kappa shape index (κ1) is 18.3. The Morgan fingerprint density at radius 3 is 2.08 bits per heavy atom. The Kier molecular flexibility index (Phi) is 6.26. The van der Waals surface area contributed by atoms with Gasteiger partial charge in [-0.25, -0.2) is 13.2 Å². The lowest BCUT2D eigenvalue weighted by Crippen LogP contribution is -2.18. The van der Waals surface area contributed by atoms with Crippen LogP contribution >= 0.6 is 0 Å². The maximum absolute atomic E-state index is 13.5. The van der Waals surface area contributed by atoms with Crippen LogP contribution in [0.5, 0.6) is 5.75 Å². The maximum atomic E-state index is 13.5. The fourth-order valence-corrected chi connectivity index (χ4v) is 2.56. The summed E-state index contributed by atoms with van der Waals surface area (Å²) < 4.78 is 45.1. The molecule has 0 aliphatic heterocycles. The van der Waals surface area contributed by atoms with E-state index in [1.54, 1.807) is 0 Å². The predicted molar refractivity (Wildman–Crippen MR) is 88.3 cm³/mol. The molecule has 1 unspecified atom stereocenters. The van der Waals surface area contributed by atoms with E-state index in [4.69, 9.17) is 4.74 Å². The first-order chi connectivity index (χ1) is 11.4. The highest BCUT2D eigenvalue weighted by Gasteiger charge is 2.14. The lowest BCUT2D eigenvalue weighted by molar-refractivity contribution is 0.272. The molecule has 24 heavy (non-hydrogen) atoms. The zero-order valence-corrected chi connectivity index (χ0v) is 14.1. The van der Waals surface area contributed by atoms with E-state index < -0.39 is 23.2 Å². The quantitative estimate of drug-likeness (QED) is 0.768. The largest absolute Gasteiger partial charge is 0.483 e. The Balaban J connectivity index is 2.04. The average Bonchev–Trinajstić information content (AvgIpc) is 2.52. The van der Waals surface area contributed by atoms with Crippen molar-refractivity contribution in [2.75, 3.05) is 7.05 Å². The predicted octanol–water partition coefficient (Wildman–Crippen LogP) is 4.99. The summed E-state index contributed by atoms with van der Waals surface area (Å²) in [5.74, 6) is -3.05. The van der Waals surface area contributed by atoms with Crippen LogP contribution in [0.3, 0.4) is 0 Å². The van der Waals surface area contributed by atoms with Crippen molar-refractivity contribution in [2.45, 2.75) is 32.9 Å². The minimum atomic E-state index is -1.05. The molecule has 0 radical (unpaired) electrons. The molecule has 2 nitrogen and oxygen atoms in total. The molecule has 0 aliphatic rings. The van der Waals surface area contributed by atoms with Crippen molar-refractivity contribution in [3.63, 3.8) is 0 Å². The summed E-state index contributed by atoms with van der Waals surface area (Å²) in [7, 11) is 1.92. The molecule has 130 valence electrons. The van der Waals surface area contributed by atoms with Gasteiger partial charge in [0.05, 0.1) is 0 Å². The van der Waals surface area contributed by atoms with Gasteiger partial charge in [-0.05, 0) is 30.5 Å². The summed E-state index contributed by atoms with van der Waals surface area (Å²) in [4.78, 5) is 0. The number of hydrogen-bond acceptors (Lipinski definition) is 2. The molecule has 0 aliphatic carbocycles. The highest BCUT2D eigenvalue weighted by atomic mass is 19.1. The Labute approximate surface area is 140 Å². The number of halogens is 3. The molecule has 0 saturated heterocycles. The summed E-state index contributed by atoms with van der Waals surface area (Å²) in [6, 6.07) is 9.13. The van der Waals surface area contributed by atoms with E-state index in [0.29, 0.717) is 18.1 Å². The minimum absolute atomic E-state index is 0.00809. The first-order valence-corrected chi connectivity index (χ1v) is 7.94.